The minimum Gasteiger partial charge on any atom is -0.273 e. The van der Waals surface area contributed by atoms with Crippen LogP contribution in [0.2, 0.25) is 0 Å². The van der Waals surface area contributed by atoms with Gasteiger partial charge in [-0.1, -0.05) is 36.4 Å². The van der Waals surface area contributed by atoms with E-state index in [9.17, 15) is 8.42 Å². The Morgan fingerprint density at radius 2 is 1.81 bits per heavy atom. The minimum absolute atomic E-state index is 0.0320. The summed E-state index contributed by atoms with van der Waals surface area (Å²) < 4.78 is 25.9. The number of sulfonamides is 1. The van der Waals surface area contributed by atoms with Crippen LogP contribution < -0.4 is 4.31 Å². The number of aryl methyl sites for hydroxylation is 1. The topological polar surface area (TPSA) is 61.2 Å². The van der Waals surface area contributed by atoms with E-state index in [1.165, 1.54) is 11.4 Å². The van der Waals surface area contributed by atoms with Crippen molar-refractivity contribution < 1.29 is 8.42 Å². The van der Waals surface area contributed by atoms with E-state index in [1.54, 1.807) is 24.3 Å². The first-order valence-electron chi connectivity index (χ1n) is 6.53. The van der Waals surface area contributed by atoms with E-state index in [-0.39, 0.29) is 5.75 Å². The van der Waals surface area contributed by atoms with Crippen molar-refractivity contribution in [1.82, 2.24) is 0 Å². The summed E-state index contributed by atoms with van der Waals surface area (Å²) in [5, 5.41) is 8.88. The molecule has 0 spiro atoms. The molecule has 5 heteroatoms. The Morgan fingerprint density at radius 3 is 2.48 bits per heavy atom. The smallest absolute Gasteiger partial charge is 0.235 e. The molecule has 0 aliphatic carbocycles. The van der Waals surface area contributed by atoms with Gasteiger partial charge in [0.2, 0.25) is 10.0 Å². The van der Waals surface area contributed by atoms with Gasteiger partial charge in [-0.3, -0.25) is 4.31 Å². The Labute approximate surface area is 125 Å². The zero-order valence-corrected chi connectivity index (χ0v) is 12.5. The third-order valence-corrected chi connectivity index (χ3v) is 5.01. The second-order valence-corrected chi connectivity index (χ2v) is 6.80. The van der Waals surface area contributed by atoms with Gasteiger partial charge in [-0.05, 0) is 30.2 Å². The summed E-state index contributed by atoms with van der Waals surface area (Å²) in [5.41, 5.74) is 1.93. The number of benzene rings is 2. The van der Waals surface area contributed by atoms with Crippen LogP contribution in [-0.2, 0) is 16.4 Å². The van der Waals surface area contributed by atoms with Crippen LogP contribution in [0.5, 0.6) is 0 Å². The Bertz CT molecular complexity index is 749. The summed E-state index contributed by atoms with van der Waals surface area (Å²) in [6.07, 6.45) is 0.464. The first kappa shape index (κ1) is 15.1. The Morgan fingerprint density at radius 1 is 1.10 bits per heavy atom. The Balaban J connectivity index is 2.13. The predicted octanol–water partition coefficient (Wildman–Crippen LogP) is 2.57. The summed E-state index contributed by atoms with van der Waals surface area (Å²) in [5.74, 6) is 0.0320. The van der Waals surface area contributed by atoms with Crippen LogP contribution in [0, 0.1) is 11.3 Å². The molecule has 0 atom stereocenters. The molecule has 0 N–H and O–H groups in total. The zero-order valence-electron chi connectivity index (χ0n) is 11.7. The van der Waals surface area contributed by atoms with Gasteiger partial charge in [0.1, 0.15) is 0 Å². The van der Waals surface area contributed by atoms with Crippen LogP contribution in [-0.4, -0.2) is 21.2 Å². The first-order chi connectivity index (χ1) is 10.0. The summed E-state index contributed by atoms with van der Waals surface area (Å²) in [4.78, 5) is 0. The van der Waals surface area contributed by atoms with Gasteiger partial charge < -0.3 is 0 Å². The van der Waals surface area contributed by atoms with Gasteiger partial charge in [0.05, 0.1) is 23.1 Å². The fourth-order valence-electron chi connectivity index (χ4n) is 1.96. The van der Waals surface area contributed by atoms with Gasteiger partial charge in [0, 0.05) is 7.05 Å². The highest BCUT2D eigenvalue weighted by atomic mass is 32.2. The average Bonchev–Trinajstić information content (AvgIpc) is 2.53. The summed E-state index contributed by atoms with van der Waals surface area (Å²) in [7, 11) is -1.90. The second kappa shape index (κ2) is 6.42. The average molecular weight is 300 g/mol. The third-order valence-electron chi connectivity index (χ3n) is 3.25. The lowest BCUT2D eigenvalue weighted by Crippen LogP contribution is -2.29. The molecule has 108 valence electrons. The molecule has 0 radical (unpaired) electrons. The summed E-state index contributed by atoms with van der Waals surface area (Å²) in [6, 6.07) is 18.1. The Kier molecular flexibility index (Phi) is 4.61. The number of nitrogens with zero attached hydrogens (tertiary/aromatic N) is 2. The van der Waals surface area contributed by atoms with Crippen molar-refractivity contribution in [3.05, 3.63) is 65.7 Å². The molecule has 2 aromatic rings. The van der Waals surface area contributed by atoms with E-state index in [4.69, 9.17) is 5.26 Å². The van der Waals surface area contributed by atoms with Crippen molar-refractivity contribution in [3.63, 3.8) is 0 Å². The van der Waals surface area contributed by atoms with Crippen LogP contribution in [0.3, 0.4) is 0 Å². The molecule has 4 nitrogen and oxygen atoms in total. The maximum absolute atomic E-state index is 12.3. The molecule has 2 rings (SSSR count). The van der Waals surface area contributed by atoms with E-state index in [2.05, 4.69) is 0 Å². The standard InChI is InChI=1S/C16H16N2O2S/c1-18(16-9-5-8-15(12-16)13-17)21(19,20)11-10-14-6-3-2-4-7-14/h2-9,12H,10-11H2,1H3. The number of hydrogen-bond donors (Lipinski definition) is 0. The van der Waals surface area contributed by atoms with Gasteiger partial charge in [-0.2, -0.15) is 5.26 Å². The van der Waals surface area contributed by atoms with E-state index in [0.29, 0.717) is 17.7 Å². The van der Waals surface area contributed by atoms with E-state index < -0.39 is 10.0 Å². The van der Waals surface area contributed by atoms with Gasteiger partial charge in [0.15, 0.2) is 0 Å². The van der Waals surface area contributed by atoms with Gasteiger partial charge in [0.25, 0.3) is 0 Å². The summed E-state index contributed by atoms with van der Waals surface area (Å²) in [6.45, 7) is 0. The molecule has 0 unspecified atom stereocenters. The number of nitriles is 1. The third kappa shape index (κ3) is 3.83. The van der Waals surface area contributed by atoms with E-state index in [0.717, 1.165) is 5.56 Å². The maximum atomic E-state index is 12.3. The van der Waals surface area contributed by atoms with Gasteiger partial charge in [-0.25, -0.2) is 8.42 Å². The van der Waals surface area contributed by atoms with Crippen molar-refractivity contribution in [2.24, 2.45) is 0 Å². The van der Waals surface area contributed by atoms with Gasteiger partial charge >= 0.3 is 0 Å². The molecule has 0 fully saturated rings. The lowest BCUT2D eigenvalue weighted by molar-refractivity contribution is 0.593. The zero-order chi connectivity index (χ0) is 15.3. The summed E-state index contributed by atoms with van der Waals surface area (Å²) >= 11 is 0. The minimum atomic E-state index is -3.41. The highest BCUT2D eigenvalue weighted by Gasteiger charge is 2.18. The first-order valence-corrected chi connectivity index (χ1v) is 8.14. The number of hydrogen-bond acceptors (Lipinski definition) is 3. The molecule has 21 heavy (non-hydrogen) atoms. The molecule has 0 saturated carbocycles. The largest absolute Gasteiger partial charge is 0.273 e. The maximum Gasteiger partial charge on any atom is 0.235 e. The highest BCUT2D eigenvalue weighted by Crippen LogP contribution is 2.18. The van der Waals surface area contributed by atoms with E-state index >= 15 is 0 Å². The molecule has 2 aromatic carbocycles. The fourth-order valence-corrected chi connectivity index (χ4v) is 3.16. The predicted molar refractivity (Wildman–Crippen MR) is 83.5 cm³/mol. The van der Waals surface area contributed by atoms with Crippen molar-refractivity contribution in [1.29, 1.82) is 5.26 Å². The van der Waals surface area contributed by atoms with Crippen LogP contribution >= 0.6 is 0 Å². The fraction of sp³-hybridized carbons (Fsp3) is 0.188. The van der Waals surface area contributed by atoms with Crippen LogP contribution in [0.1, 0.15) is 11.1 Å². The Hall–Kier alpha value is -2.32. The van der Waals surface area contributed by atoms with Gasteiger partial charge in [-0.15, -0.1) is 0 Å². The number of rotatable bonds is 5. The van der Waals surface area contributed by atoms with E-state index in [1.807, 2.05) is 36.4 Å². The molecule has 0 heterocycles. The van der Waals surface area contributed by atoms with Crippen molar-refractivity contribution in [2.45, 2.75) is 6.42 Å². The van der Waals surface area contributed by atoms with Crippen molar-refractivity contribution in [3.8, 4) is 6.07 Å². The molecule has 0 saturated heterocycles. The van der Waals surface area contributed by atoms with Crippen LogP contribution in [0.4, 0.5) is 5.69 Å². The highest BCUT2D eigenvalue weighted by molar-refractivity contribution is 7.92. The van der Waals surface area contributed by atoms with Crippen molar-refractivity contribution >= 4 is 15.7 Å². The number of anilines is 1. The molecule has 0 aromatic heterocycles. The lowest BCUT2D eigenvalue weighted by atomic mass is 10.2. The molecule has 0 aliphatic heterocycles. The monoisotopic (exact) mass is 300 g/mol. The molecule has 0 amide bonds. The molecular weight excluding hydrogens is 284 g/mol. The SMILES string of the molecule is CN(c1cccc(C#N)c1)S(=O)(=O)CCc1ccccc1. The normalized spacial score (nSPS) is 10.9. The van der Waals surface area contributed by atoms with Crippen molar-refractivity contribution in [2.75, 3.05) is 17.1 Å². The van der Waals surface area contributed by atoms with Crippen LogP contribution in [0.25, 0.3) is 0 Å². The molecule has 0 bridgehead atoms. The quantitative estimate of drug-likeness (QED) is 0.852. The molecular formula is C16H16N2O2S. The van der Waals surface area contributed by atoms with Crippen LogP contribution in [0.15, 0.2) is 54.6 Å². The second-order valence-electron chi connectivity index (χ2n) is 4.68. The lowest BCUT2D eigenvalue weighted by Gasteiger charge is -2.19. The molecule has 0 aliphatic rings.